The molecule has 112 valence electrons. The van der Waals surface area contributed by atoms with Crippen molar-refractivity contribution in [2.24, 2.45) is 0 Å². The predicted octanol–water partition coefficient (Wildman–Crippen LogP) is 3.15. The van der Waals surface area contributed by atoms with E-state index in [0.717, 1.165) is 10.0 Å². The number of halogens is 1. The summed E-state index contributed by atoms with van der Waals surface area (Å²) >= 11 is 3.37. The summed E-state index contributed by atoms with van der Waals surface area (Å²) in [5.41, 5.74) is 7.44. The van der Waals surface area contributed by atoms with Gasteiger partial charge in [-0.05, 0) is 48.9 Å². The quantitative estimate of drug-likeness (QED) is 0.809. The van der Waals surface area contributed by atoms with Crippen LogP contribution < -0.4 is 15.2 Å². The summed E-state index contributed by atoms with van der Waals surface area (Å²) < 4.78 is 33.1. The van der Waals surface area contributed by atoms with Gasteiger partial charge in [0.05, 0.1) is 17.7 Å². The highest BCUT2D eigenvalue weighted by Gasteiger charge is 2.16. The number of hydrogen-bond donors (Lipinski definition) is 2. The molecule has 3 N–H and O–H groups in total. The number of aryl methyl sites for hydroxylation is 1. The molecule has 0 aromatic heterocycles. The first-order valence-electron chi connectivity index (χ1n) is 6.06. The third-order valence-electron chi connectivity index (χ3n) is 2.92. The first-order valence-corrected chi connectivity index (χ1v) is 8.33. The molecule has 0 bridgehead atoms. The van der Waals surface area contributed by atoms with Gasteiger partial charge in [0.1, 0.15) is 5.75 Å². The van der Waals surface area contributed by atoms with Crippen LogP contribution in [0.2, 0.25) is 0 Å². The molecular formula is C14H15BrN2O3S. The Morgan fingerprint density at radius 1 is 1.19 bits per heavy atom. The lowest BCUT2D eigenvalue weighted by Crippen LogP contribution is -2.13. The van der Waals surface area contributed by atoms with Crippen molar-refractivity contribution in [2.45, 2.75) is 11.8 Å². The lowest BCUT2D eigenvalue weighted by molar-refractivity contribution is 0.416. The topological polar surface area (TPSA) is 81.4 Å². The van der Waals surface area contributed by atoms with E-state index in [2.05, 4.69) is 20.7 Å². The molecule has 2 rings (SSSR count). The van der Waals surface area contributed by atoms with Crippen LogP contribution >= 0.6 is 15.9 Å². The Morgan fingerprint density at radius 3 is 2.48 bits per heavy atom. The maximum Gasteiger partial charge on any atom is 0.261 e. The van der Waals surface area contributed by atoms with Gasteiger partial charge in [0.25, 0.3) is 10.0 Å². The van der Waals surface area contributed by atoms with Crippen LogP contribution in [0.15, 0.2) is 45.8 Å². The zero-order valence-corrected chi connectivity index (χ0v) is 14.0. The van der Waals surface area contributed by atoms with Crippen molar-refractivity contribution >= 4 is 37.3 Å². The summed E-state index contributed by atoms with van der Waals surface area (Å²) in [6, 6.07) is 9.55. The lowest BCUT2D eigenvalue weighted by Gasteiger charge is -2.11. The van der Waals surface area contributed by atoms with Crippen molar-refractivity contribution in [3.8, 4) is 5.75 Å². The standard InChI is InChI=1S/C14H15BrN2O3S/c1-9-7-10(3-5-12(9)15)17-21(18,19)11-4-6-14(20-2)13(16)8-11/h3-8,17H,16H2,1-2H3. The minimum absolute atomic E-state index is 0.0846. The van der Waals surface area contributed by atoms with Gasteiger partial charge >= 0.3 is 0 Å². The normalized spacial score (nSPS) is 11.2. The Balaban J connectivity index is 2.33. The molecular weight excluding hydrogens is 356 g/mol. The summed E-state index contributed by atoms with van der Waals surface area (Å²) in [7, 11) is -2.22. The fraction of sp³-hybridized carbons (Fsp3) is 0.143. The van der Waals surface area contributed by atoms with Gasteiger partial charge in [-0.25, -0.2) is 8.42 Å². The molecule has 0 amide bonds. The van der Waals surface area contributed by atoms with Crippen LogP contribution in [0.3, 0.4) is 0 Å². The number of rotatable bonds is 4. The molecule has 0 atom stereocenters. The molecule has 0 saturated heterocycles. The van der Waals surface area contributed by atoms with E-state index in [1.54, 1.807) is 18.2 Å². The number of methoxy groups -OCH3 is 1. The summed E-state index contributed by atoms with van der Waals surface area (Å²) in [6.07, 6.45) is 0. The van der Waals surface area contributed by atoms with Gasteiger partial charge in [-0.2, -0.15) is 0 Å². The van der Waals surface area contributed by atoms with Crippen molar-refractivity contribution in [3.05, 3.63) is 46.4 Å². The van der Waals surface area contributed by atoms with E-state index in [9.17, 15) is 8.42 Å². The molecule has 21 heavy (non-hydrogen) atoms. The maximum atomic E-state index is 12.3. The van der Waals surface area contributed by atoms with Gasteiger partial charge in [0.2, 0.25) is 0 Å². The van der Waals surface area contributed by atoms with Gasteiger partial charge in [0, 0.05) is 10.2 Å². The smallest absolute Gasteiger partial charge is 0.261 e. The third-order valence-corrected chi connectivity index (χ3v) is 5.19. The SMILES string of the molecule is COc1ccc(S(=O)(=O)Nc2ccc(Br)c(C)c2)cc1N. The first-order chi connectivity index (χ1) is 9.83. The number of nitrogen functional groups attached to an aromatic ring is 1. The summed E-state index contributed by atoms with van der Waals surface area (Å²) in [4.78, 5) is 0.0846. The monoisotopic (exact) mass is 370 g/mol. The highest BCUT2D eigenvalue weighted by atomic mass is 79.9. The molecule has 0 aliphatic carbocycles. The van der Waals surface area contributed by atoms with Crippen molar-refractivity contribution in [2.75, 3.05) is 17.6 Å². The summed E-state index contributed by atoms with van der Waals surface area (Å²) in [6.45, 7) is 1.88. The van der Waals surface area contributed by atoms with Crippen molar-refractivity contribution in [1.29, 1.82) is 0 Å². The number of benzene rings is 2. The minimum atomic E-state index is -3.69. The molecule has 0 heterocycles. The minimum Gasteiger partial charge on any atom is -0.495 e. The van der Waals surface area contributed by atoms with E-state index in [1.165, 1.54) is 25.3 Å². The van der Waals surface area contributed by atoms with E-state index in [1.807, 2.05) is 6.92 Å². The molecule has 2 aromatic rings. The Morgan fingerprint density at radius 2 is 1.90 bits per heavy atom. The molecule has 0 radical (unpaired) electrons. The fourth-order valence-electron chi connectivity index (χ4n) is 1.80. The van der Waals surface area contributed by atoms with Crippen LogP contribution in [0.1, 0.15) is 5.56 Å². The molecule has 5 nitrogen and oxygen atoms in total. The van der Waals surface area contributed by atoms with Crippen molar-refractivity contribution in [3.63, 3.8) is 0 Å². The Hall–Kier alpha value is -1.73. The summed E-state index contributed by atoms with van der Waals surface area (Å²) in [5.74, 6) is 0.438. The largest absolute Gasteiger partial charge is 0.495 e. The molecule has 7 heteroatoms. The average molecular weight is 371 g/mol. The molecule has 0 spiro atoms. The second-order valence-electron chi connectivity index (χ2n) is 4.47. The molecule has 0 fully saturated rings. The number of nitrogens with one attached hydrogen (secondary N) is 1. The van der Waals surface area contributed by atoms with Gasteiger partial charge in [0.15, 0.2) is 0 Å². The van der Waals surface area contributed by atoms with Gasteiger partial charge in [-0.15, -0.1) is 0 Å². The highest BCUT2D eigenvalue weighted by molar-refractivity contribution is 9.10. The van der Waals surface area contributed by atoms with Gasteiger partial charge in [-0.1, -0.05) is 15.9 Å². The van der Waals surface area contributed by atoms with Crippen LogP contribution in [-0.2, 0) is 10.0 Å². The predicted molar refractivity (Wildman–Crippen MR) is 87.1 cm³/mol. The number of ether oxygens (including phenoxy) is 1. The molecule has 0 aliphatic heterocycles. The Labute approximate surface area is 132 Å². The van der Waals surface area contributed by atoms with Crippen LogP contribution in [0.25, 0.3) is 0 Å². The molecule has 0 saturated carbocycles. The Kier molecular flexibility index (Phi) is 4.43. The lowest BCUT2D eigenvalue weighted by atomic mass is 10.2. The number of nitrogens with two attached hydrogens (primary N) is 1. The maximum absolute atomic E-state index is 12.3. The Bertz CT molecular complexity index is 776. The second-order valence-corrected chi connectivity index (χ2v) is 7.01. The van der Waals surface area contributed by atoms with Crippen molar-refractivity contribution in [1.82, 2.24) is 0 Å². The van der Waals surface area contributed by atoms with E-state index >= 15 is 0 Å². The van der Waals surface area contributed by atoms with Gasteiger partial charge in [-0.3, -0.25) is 4.72 Å². The van der Waals surface area contributed by atoms with E-state index in [-0.39, 0.29) is 10.6 Å². The van der Waals surface area contributed by atoms with E-state index in [0.29, 0.717) is 11.4 Å². The zero-order chi connectivity index (χ0) is 15.6. The molecule has 2 aromatic carbocycles. The number of anilines is 2. The average Bonchev–Trinajstić information content (AvgIpc) is 2.42. The summed E-state index contributed by atoms with van der Waals surface area (Å²) in [5, 5.41) is 0. The van der Waals surface area contributed by atoms with Crippen LogP contribution in [0, 0.1) is 6.92 Å². The third kappa shape index (κ3) is 3.48. The fourth-order valence-corrected chi connectivity index (χ4v) is 3.13. The van der Waals surface area contributed by atoms with Crippen LogP contribution in [0.5, 0.6) is 5.75 Å². The number of hydrogen-bond acceptors (Lipinski definition) is 4. The van der Waals surface area contributed by atoms with E-state index in [4.69, 9.17) is 10.5 Å². The van der Waals surface area contributed by atoms with Crippen LogP contribution in [0.4, 0.5) is 11.4 Å². The number of sulfonamides is 1. The first kappa shape index (κ1) is 15.7. The zero-order valence-electron chi connectivity index (χ0n) is 11.6. The van der Waals surface area contributed by atoms with E-state index < -0.39 is 10.0 Å². The molecule has 0 unspecified atom stereocenters. The van der Waals surface area contributed by atoms with Gasteiger partial charge < -0.3 is 10.5 Å². The molecule has 0 aliphatic rings. The highest BCUT2D eigenvalue weighted by Crippen LogP contribution is 2.26. The van der Waals surface area contributed by atoms with Crippen LogP contribution in [-0.4, -0.2) is 15.5 Å². The van der Waals surface area contributed by atoms with Crippen molar-refractivity contribution < 1.29 is 13.2 Å². The second kappa shape index (κ2) is 5.95.